The lowest BCUT2D eigenvalue weighted by Crippen LogP contribution is -2.34. The van der Waals surface area contributed by atoms with Crippen LogP contribution in [0.2, 0.25) is 0 Å². The van der Waals surface area contributed by atoms with Crippen LogP contribution in [-0.2, 0) is 11.3 Å². The minimum atomic E-state index is 0.0566. The standard InChI is InChI=1S/C19H22N4O/c1-13-9-10-14(2)23(13)12-18(24)22-11-5-8-17(22)19-20-15-6-3-4-7-16(15)21-19/h3-4,6-7,9-10,17H,5,8,11-12H2,1-2H3,(H,20,21)/t17-/m0/s1. The smallest absolute Gasteiger partial charge is 0.243 e. The lowest BCUT2D eigenvalue weighted by molar-refractivity contribution is -0.133. The normalized spacial score (nSPS) is 17.8. The molecule has 1 atom stereocenters. The molecule has 5 nitrogen and oxygen atoms in total. The van der Waals surface area contributed by atoms with Crippen LogP contribution >= 0.6 is 0 Å². The van der Waals surface area contributed by atoms with E-state index >= 15 is 0 Å². The average Bonchev–Trinajstić information content (AvgIpc) is 3.28. The van der Waals surface area contributed by atoms with E-state index in [1.807, 2.05) is 43.0 Å². The van der Waals surface area contributed by atoms with Gasteiger partial charge in [0.25, 0.3) is 0 Å². The third-order valence-corrected chi connectivity index (χ3v) is 5.01. The van der Waals surface area contributed by atoms with Gasteiger partial charge in [-0.25, -0.2) is 4.98 Å². The minimum Gasteiger partial charge on any atom is -0.340 e. The van der Waals surface area contributed by atoms with Gasteiger partial charge < -0.3 is 14.5 Å². The maximum atomic E-state index is 12.9. The molecule has 0 unspecified atom stereocenters. The van der Waals surface area contributed by atoms with E-state index in [0.29, 0.717) is 6.54 Å². The molecule has 1 aromatic carbocycles. The number of aromatic amines is 1. The second-order valence-electron chi connectivity index (χ2n) is 6.59. The number of imidazole rings is 1. The highest BCUT2D eigenvalue weighted by atomic mass is 16.2. The van der Waals surface area contributed by atoms with E-state index in [1.54, 1.807) is 0 Å². The molecule has 1 amide bonds. The van der Waals surface area contributed by atoms with Crippen LogP contribution in [0.15, 0.2) is 36.4 Å². The SMILES string of the molecule is Cc1ccc(C)n1CC(=O)N1CCC[C@H]1c1nc2ccccc2[nH]1. The molecule has 2 aromatic heterocycles. The van der Waals surface area contributed by atoms with Crippen molar-refractivity contribution in [3.63, 3.8) is 0 Å². The molecule has 0 saturated carbocycles. The van der Waals surface area contributed by atoms with E-state index < -0.39 is 0 Å². The Bertz CT molecular complexity index is 839. The van der Waals surface area contributed by atoms with Gasteiger partial charge >= 0.3 is 0 Å². The third kappa shape index (κ3) is 2.50. The minimum absolute atomic E-state index is 0.0566. The lowest BCUT2D eigenvalue weighted by Gasteiger charge is -2.24. The number of nitrogens with zero attached hydrogens (tertiary/aromatic N) is 3. The number of fused-ring (bicyclic) bond motifs is 1. The van der Waals surface area contributed by atoms with Crippen molar-refractivity contribution < 1.29 is 4.79 Å². The summed E-state index contributed by atoms with van der Waals surface area (Å²) in [5.41, 5.74) is 4.24. The van der Waals surface area contributed by atoms with Gasteiger partial charge in [0.15, 0.2) is 0 Å². The largest absolute Gasteiger partial charge is 0.340 e. The molecule has 1 N–H and O–H groups in total. The number of benzene rings is 1. The lowest BCUT2D eigenvalue weighted by atomic mass is 10.2. The zero-order chi connectivity index (χ0) is 16.7. The van der Waals surface area contributed by atoms with Crippen LogP contribution in [0.1, 0.15) is 36.1 Å². The molecule has 3 heterocycles. The van der Waals surface area contributed by atoms with E-state index in [9.17, 15) is 4.79 Å². The van der Waals surface area contributed by atoms with E-state index in [4.69, 9.17) is 4.98 Å². The first-order chi connectivity index (χ1) is 11.6. The fourth-order valence-corrected chi connectivity index (χ4v) is 3.65. The van der Waals surface area contributed by atoms with E-state index in [-0.39, 0.29) is 11.9 Å². The Balaban J connectivity index is 1.59. The maximum Gasteiger partial charge on any atom is 0.243 e. The van der Waals surface area contributed by atoms with Crippen molar-refractivity contribution in [1.82, 2.24) is 19.4 Å². The van der Waals surface area contributed by atoms with E-state index in [0.717, 1.165) is 47.6 Å². The molecule has 0 spiro atoms. The quantitative estimate of drug-likeness (QED) is 0.804. The molecule has 0 radical (unpaired) electrons. The van der Waals surface area contributed by atoms with Crippen LogP contribution < -0.4 is 0 Å². The molecule has 3 aromatic rings. The van der Waals surface area contributed by atoms with Crippen LogP contribution in [0.25, 0.3) is 11.0 Å². The Labute approximate surface area is 141 Å². The zero-order valence-electron chi connectivity index (χ0n) is 14.1. The molecular formula is C19H22N4O. The van der Waals surface area contributed by atoms with Crippen molar-refractivity contribution in [3.8, 4) is 0 Å². The number of aromatic nitrogens is 3. The fraction of sp³-hybridized carbons (Fsp3) is 0.368. The van der Waals surface area contributed by atoms with Gasteiger partial charge in [-0.15, -0.1) is 0 Å². The van der Waals surface area contributed by atoms with Crippen LogP contribution in [0.4, 0.5) is 0 Å². The Morgan fingerprint density at radius 3 is 2.71 bits per heavy atom. The van der Waals surface area contributed by atoms with E-state index in [2.05, 4.69) is 21.7 Å². The van der Waals surface area contributed by atoms with Crippen molar-refractivity contribution >= 4 is 16.9 Å². The van der Waals surface area contributed by atoms with Crippen molar-refractivity contribution in [1.29, 1.82) is 0 Å². The topological polar surface area (TPSA) is 53.9 Å². The number of hydrogen-bond donors (Lipinski definition) is 1. The summed E-state index contributed by atoms with van der Waals surface area (Å²) < 4.78 is 2.08. The first-order valence-electron chi connectivity index (χ1n) is 8.50. The molecule has 5 heteroatoms. The Hall–Kier alpha value is -2.56. The van der Waals surface area contributed by atoms with Gasteiger partial charge in [0.2, 0.25) is 5.91 Å². The maximum absolute atomic E-state index is 12.9. The molecule has 1 aliphatic heterocycles. The monoisotopic (exact) mass is 322 g/mol. The van der Waals surface area contributed by atoms with Crippen LogP contribution in [-0.4, -0.2) is 31.9 Å². The van der Waals surface area contributed by atoms with E-state index in [1.165, 1.54) is 0 Å². The summed E-state index contributed by atoms with van der Waals surface area (Å²) in [6, 6.07) is 12.2. The summed E-state index contributed by atoms with van der Waals surface area (Å²) >= 11 is 0. The Morgan fingerprint density at radius 2 is 1.96 bits per heavy atom. The summed E-state index contributed by atoms with van der Waals surface area (Å²) in [7, 11) is 0. The summed E-state index contributed by atoms with van der Waals surface area (Å²) in [6.45, 7) is 5.29. The van der Waals surface area contributed by atoms with Gasteiger partial charge in [0, 0.05) is 17.9 Å². The predicted octanol–water partition coefficient (Wildman–Crippen LogP) is 3.34. The Kier molecular flexibility index (Phi) is 3.63. The number of rotatable bonds is 3. The number of carbonyl (C=O) groups excluding carboxylic acids is 1. The summed E-state index contributed by atoms with van der Waals surface area (Å²) in [4.78, 5) is 23.0. The zero-order valence-corrected chi connectivity index (χ0v) is 14.1. The van der Waals surface area contributed by atoms with Gasteiger partial charge in [0.1, 0.15) is 12.4 Å². The van der Waals surface area contributed by atoms with Gasteiger partial charge in [-0.3, -0.25) is 4.79 Å². The highest BCUT2D eigenvalue weighted by molar-refractivity contribution is 5.78. The van der Waals surface area contributed by atoms with Gasteiger partial charge in [-0.05, 0) is 51.0 Å². The molecule has 0 bridgehead atoms. The van der Waals surface area contributed by atoms with Gasteiger partial charge in [-0.1, -0.05) is 12.1 Å². The number of aryl methyl sites for hydroxylation is 2. The van der Waals surface area contributed by atoms with Crippen LogP contribution in [0, 0.1) is 13.8 Å². The molecule has 1 saturated heterocycles. The molecule has 124 valence electrons. The van der Waals surface area contributed by atoms with Crippen molar-refractivity contribution in [3.05, 3.63) is 53.6 Å². The van der Waals surface area contributed by atoms with Crippen molar-refractivity contribution in [2.75, 3.05) is 6.54 Å². The van der Waals surface area contributed by atoms with Crippen molar-refractivity contribution in [2.24, 2.45) is 0 Å². The molecule has 0 aliphatic carbocycles. The molecule has 1 aliphatic rings. The first-order valence-corrected chi connectivity index (χ1v) is 8.50. The first kappa shape index (κ1) is 15.0. The summed E-state index contributed by atoms with van der Waals surface area (Å²) in [5, 5.41) is 0. The summed E-state index contributed by atoms with van der Waals surface area (Å²) in [6.07, 6.45) is 1.99. The third-order valence-electron chi connectivity index (χ3n) is 5.01. The second-order valence-corrected chi connectivity index (χ2v) is 6.59. The predicted molar refractivity (Wildman–Crippen MR) is 93.7 cm³/mol. The fourth-order valence-electron chi connectivity index (χ4n) is 3.65. The second kappa shape index (κ2) is 5.82. The number of amides is 1. The van der Waals surface area contributed by atoms with Gasteiger partial charge in [-0.2, -0.15) is 0 Å². The van der Waals surface area contributed by atoms with Crippen LogP contribution in [0.3, 0.4) is 0 Å². The highest BCUT2D eigenvalue weighted by Gasteiger charge is 2.32. The number of para-hydroxylation sites is 2. The molecule has 4 rings (SSSR count). The molecular weight excluding hydrogens is 300 g/mol. The molecule has 1 fully saturated rings. The number of likely N-dealkylation sites (tertiary alicyclic amines) is 1. The highest BCUT2D eigenvalue weighted by Crippen LogP contribution is 2.31. The Morgan fingerprint density at radius 1 is 1.21 bits per heavy atom. The van der Waals surface area contributed by atoms with Crippen molar-refractivity contribution in [2.45, 2.75) is 39.3 Å². The number of carbonyl (C=O) groups is 1. The number of hydrogen-bond acceptors (Lipinski definition) is 2. The van der Waals surface area contributed by atoms with Crippen LogP contribution in [0.5, 0.6) is 0 Å². The molecule has 24 heavy (non-hydrogen) atoms. The number of H-pyrrole nitrogens is 1. The number of nitrogens with one attached hydrogen (secondary N) is 1. The summed E-state index contributed by atoms with van der Waals surface area (Å²) in [5.74, 6) is 1.07. The average molecular weight is 322 g/mol. The van der Waals surface area contributed by atoms with Gasteiger partial charge in [0.05, 0.1) is 17.1 Å².